The second-order valence-electron chi connectivity index (χ2n) is 6.58. The second kappa shape index (κ2) is 9.99. The van der Waals surface area contributed by atoms with Gasteiger partial charge in [-0.2, -0.15) is 0 Å². The van der Waals surface area contributed by atoms with Gasteiger partial charge in [-0.15, -0.1) is 0 Å². The van der Waals surface area contributed by atoms with Gasteiger partial charge in [0, 0.05) is 24.7 Å². The van der Waals surface area contributed by atoms with E-state index in [4.69, 9.17) is 5.14 Å². The minimum atomic E-state index is -3.72. The van der Waals surface area contributed by atoms with E-state index in [1.165, 1.54) is 24.3 Å². The molecule has 10 heteroatoms. The van der Waals surface area contributed by atoms with Crippen molar-refractivity contribution in [3.05, 3.63) is 69.8 Å². The third-order valence-corrected chi connectivity index (χ3v) is 5.20. The van der Waals surface area contributed by atoms with Crippen molar-refractivity contribution in [2.24, 2.45) is 10.1 Å². The van der Waals surface area contributed by atoms with Crippen LogP contribution in [-0.4, -0.2) is 25.3 Å². The highest BCUT2D eigenvalue weighted by Gasteiger charge is 2.08. The zero-order chi connectivity index (χ0) is 21.4. The van der Waals surface area contributed by atoms with E-state index in [0.29, 0.717) is 19.0 Å². The van der Waals surface area contributed by atoms with Crippen LogP contribution in [0.5, 0.6) is 0 Å². The summed E-state index contributed by atoms with van der Waals surface area (Å²) >= 11 is 0. The number of hydrogen-bond donors (Lipinski definition) is 3. The Morgan fingerprint density at radius 3 is 2.24 bits per heavy atom. The Kier molecular flexibility index (Phi) is 7.68. The van der Waals surface area contributed by atoms with Gasteiger partial charge in [-0.3, -0.25) is 10.1 Å². The van der Waals surface area contributed by atoms with E-state index in [0.717, 1.165) is 17.5 Å². The number of nitrogens with two attached hydrogens (primary N) is 1. The first-order valence-electron chi connectivity index (χ1n) is 9.09. The van der Waals surface area contributed by atoms with Gasteiger partial charge in [0.25, 0.3) is 5.69 Å². The number of benzene rings is 2. The summed E-state index contributed by atoms with van der Waals surface area (Å²) in [5.74, 6) is 0.591. The van der Waals surface area contributed by atoms with E-state index in [2.05, 4.69) is 22.5 Å². The first-order valence-corrected chi connectivity index (χ1v) is 10.6. The number of aliphatic imine (C=N–C) groups is 1. The second-order valence-corrected chi connectivity index (χ2v) is 8.15. The highest BCUT2D eigenvalue weighted by molar-refractivity contribution is 7.89. The molecule has 29 heavy (non-hydrogen) atoms. The molecule has 0 heterocycles. The first kappa shape index (κ1) is 22.3. The van der Waals surface area contributed by atoms with Crippen LogP contribution in [0.4, 0.5) is 5.69 Å². The van der Waals surface area contributed by atoms with Crippen LogP contribution in [0.1, 0.15) is 31.4 Å². The zero-order valence-electron chi connectivity index (χ0n) is 16.3. The van der Waals surface area contributed by atoms with Crippen molar-refractivity contribution < 1.29 is 13.3 Å². The number of hydrogen-bond acceptors (Lipinski definition) is 5. The maximum absolute atomic E-state index is 11.3. The van der Waals surface area contributed by atoms with E-state index >= 15 is 0 Å². The maximum atomic E-state index is 11.3. The summed E-state index contributed by atoms with van der Waals surface area (Å²) in [6.45, 7) is 4.88. The SMILES string of the molecule is CCC(C)NC(=NCc1ccc(S(N)(=O)=O)cc1)NCc1ccc([N+](=O)[O-])cc1. The van der Waals surface area contributed by atoms with Gasteiger partial charge in [0.05, 0.1) is 16.4 Å². The van der Waals surface area contributed by atoms with Crippen LogP contribution in [0.25, 0.3) is 0 Å². The number of non-ortho nitro benzene ring substituents is 1. The fraction of sp³-hybridized carbons (Fsp3) is 0.316. The molecule has 0 aliphatic heterocycles. The largest absolute Gasteiger partial charge is 0.354 e. The number of guanidine groups is 1. The molecule has 0 amide bonds. The molecule has 0 bridgehead atoms. The molecule has 0 radical (unpaired) electrons. The molecule has 4 N–H and O–H groups in total. The monoisotopic (exact) mass is 419 g/mol. The van der Waals surface area contributed by atoms with Crippen LogP contribution in [0, 0.1) is 10.1 Å². The van der Waals surface area contributed by atoms with Crippen molar-refractivity contribution >= 4 is 21.7 Å². The molecule has 2 aromatic carbocycles. The molecule has 0 fully saturated rings. The molecule has 0 saturated heterocycles. The third kappa shape index (κ3) is 7.16. The number of nitro groups is 1. The molecule has 0 aliphatic carbocycles. The lowest BCUT2D eigenvalue weighted by atomic mass is 10.2. The summed E-state index contributed by atoms with van der Waals surface area (Å²) in [5.41, 5.74) is 1.76. The van der Waals surface area contributed by atoms with Crippen molar-refractivity contribution in [1.29, 1.82) is 0 Å². The predicted octanol–water partition coefficient (Wildman–Crippen LogP) is 2.28. The Hall–Kier alpha value is -2.98. The fourth-order valence-corrected chi connectivity index (χ4v) is 2.88. The summed E-state index contributed by atoms with van der Waals surface area (Å²) < 4.78 is 22.7. The number of primary sulfonamides is 1. The van der Waals surface area contributed by atoms with E-state index in [9.17, 15) is 18.5 Å². The molecule has 9 nitrogen and oxygen atoms in total. The zero-order valence-corrected chi connectivity index (χ0v) is 17.1. The lowest BCUT2D eigenvalue weighted by Crippen LogP contribution is -2.41. The number of nitrogens with one attached hydrogen (secondary N) is 2. The Bertz CT molecular complexity index is 957. The Morgan fingerprint density at radius 1 is 1.14 bits per heavy atom. The van der Waals surface area contributed by atoms with Gasteiger partial charge < -0.3 is 10.6 Å². The molecule has 0 saturated carbocycles. The topological polar surface area (TPSA) is 140 Å². The first-order chi connectivity index (χ1) is 13.7. The van der Waals surface area contributed by atoms with E-state index in [-0.39, 0.29) is 16.6 Å². The summed E-state index contributed by atoms with van der Waals surface area (Å²) in [4.78, 5) is 14.9. The maximum Gasteiger partial charge on any atom is 0.269 e. The number of nitrogens with zero attached hydrogens (tertiary/aromatic N) is 2. The fourth-order valence-electron chi connectivity index (χ4n) is 2.36. The molecule has 2 aromatic rings. The van der Waals surface area contributed by atoms with Gasteiger partial charge in [-0.1, -0.05) is 31.2 Å². The number of nitro benzene ring substituents is 1. The van der Waals surface area contributed by atoms with Gasteiger partial charge in [-0.25, -0.2) is 18.5 Å². The highest BCUT2D eigenvalue weighted by Crippen LogP contribution is 2.12. The van der Waals surface area contributed by atoms with Gasteiger partial charge >= 0.3 is 0 Å². The van der Waals surface area contributed by atoms with Crippen LogP contribution in [0.3, 0.4) is 0 Å². The molecule has 1 unspecified atom stereocenters. The lowest BCUT2D eigenvalue weighted by Gasteiger charge is -2.17. The van der Waals surface area contributed by atoms with Crippen molar-refractivity contribution in [2.45, 2.75) is 44.3 Å². The smallest absolute Gasteiger partial charge is 0.269 e. The van der Waals surface area contributed by atoms with Crippen molar-refractivity contribution in [3.63, 3.8) is 0 Å². The highest BCUT2D eigenvalue weighted by atomic mass is 32.2. The number of rotatable bonds is 8. The Labute approximate surface area is 170 Å². The van der Waals surface area contributed by atoms with Crippen molar-refractivity contribution in [1.82, 2.24) is 10.6 Å². The molecule has 0 spiro atoms. The molecule has 0 aliphatic rings. The quantitative estimate of drug-likeness (QED) is 0.259. The molecule has 2 rings (SSSR count). The van der Waals surface area contributed by atoms with Crippen LogP contribution >= 0.6 is 0 Å². The molecular formula is C19H25N5O4S. The summed E-state index contributed by atoms with van der Waals surface area (Å²) in [5, 5.41) is 22.4. The Balaban J connectivity index is 2.07. The van der Waals surface area contributed by atoms with Gasteiger partial charge in [0.1, 0.15) is 0 Å². The van der Waals surface area contributed by atoms with Crippen LogP contribution in [0.15, 0.2) is 58.4 Å². The summed E-state index contributed by atoms with van der Waals surface area (Å²) in [7, 11) is -3.72. The van der Waals surface area contributed by atoms with E-state index in [1.54, 1.807) is 24.3 Å². The van der Waals surface area contributed by atoms with Crippen LogP contribution in [-0.2, 0) is 23.1 Å². The standard InChI is InChI=1S/C19H25N5O4S/c1-3-14(2)23-19(21-12-15-4-8-17(9-5-15)24(25)26)22-13-16-6-10-18(11-7-16)29(20,27)28/h4-11,14H,3,12-13H2,1-2H3,(H2,20,27,28)(H2,21,22,23). The van der Waals surface area contributed by atoms with Gasteiger partial charge in [0.2, 0.25) is 10.0 Å². The number of sulfonamides is 1. The van der Waals surface area contributed by atoms with Gasteiger partial charge in [-0.05, 0) is 36.6 Å². The van der Waals surface area contributed by atoms with Gasteiger partial charge in [0.15, 0.2) is 5.96 Å². The summed E-state index contributed by atoms with van der Waals surface area (Å²) in [6, 6.07) is 12.7. The Morgan fingerprint density at radius 2 is 1.72 bits per heavy atom. The third-order valence-electron chi connectivity index (χ3n) is 4.27. The minimum Gasteiger partial charge on any atom is -0.354 e. The average Bonchev–Trinajstić information content (AvgIpc) is 2.69. The predicted molar refractivity (Wildman–Crippen MR) is 112 cm³/mol. The van der Waals surface area contributed by atoms with Crippen LogP contribution in [0.2, 0.25) is 0 Å². The normalized spacial score (nSPS) is 13.0. The summed E-state index contributed by atoms with van der Waals surface area (Å²) in [6.07, 6.45) is 0.904. The molecule has 156 valence electrons. The minimum absolute atomic E-state index is 0.0447. The average molecular weight is 420 g/mol. The molecular weight excluding hydrogens is 394 g/mol. The van der Waals surface area contributed by atoms with E-state index in [1.807, 2.05) is 6.92 Å². The van der Waals surface area contributed by atoms with E-state index < -0.39 is 14.9 Å². The van der Waals surface area contributed by atoms with Crippen LogP contribution < -0.4 is 15.8 Å². The molecule has 1 atom stereocenters. The lowest BCUT2D eigenvalue weighted by molar-refractivity contribution is -0.384. The van der Waals surface area contributed by atoms with Crippen molar-refractivity contribution in [2.75, 3.05) is 0 Å². The van der Waals surface area contributed by atoms with Crippen molar-refractivity contribution in [3.8, 4) is 0 Å². The molecule has 0 aromatic heterocycles.